The zero-order valence-electron chi connectivity index (χ0n) is 15.9. The van der Waals surface area contributed by atoms with Crippen LogP contribution in [0.4, 0.5) is 24.5 Å². The van der Waals surface area contributed by atoms with E-state index in [0.717, 1.165) is 12.1 Å². The first-order valence-electron chi connectivity index (χ1n) is 8.95. The summed E-state index contributed by atoms with van der Waals surface area (Å²) in [5.74, 6) is -0.504. The highest BCUT2D eigenvalue weighted by Gasteiger charge is 2.30. The molecule has 0 saturated carbocycles. The minimum atomic E-state index is -4.49. The molecule has 2 rings (SSSR count). The van der Waals surface area contributed by atoms with Gasteiger partial charge in [-0.2, -0.15) is 13.2 Å². The van der Waals surface area contributed by atoms with Gasteiger partial charge in [0.1, 0.15) is 0 Å². The van der Waals surface area contributed by atoms with Gasteiger partial charge in [0.2, 0.25) is 5.91 Å². The molecule has 0 spiro atoms. The van der Waals surface area contributed by atoms with E-state index in [-0.39, 0.29) is 23.2 Å². The Hall–Kier alpha value is -2.74. The van der Waals surface area contributed by atoms with Crippen molar-refractivity contribution in [2.24, 2.45) is 0 Å². The van der Waals surface area contributed by atoms with Crippen LogP contribution in [0.3, 0.4) is 0 Å². The maximum atomic E-state index is 12.7. The van der Waals surface area contributed by atoms with Gasteiger partial charge in [0.15, 0.2) is 0 Å². The van der Waals surface area contributed by atoms with Gasteiger partial charge in [0.05, 0.1) is 22.8 Å². The van der Waals surface area contributed by atoms with Crippen molar-refractivity contribution in [3.05, 3.63) is 58.6 Å². The average Bonchev–Trinajstić information content (AvgIpc) is 2.67. The van der Waals surface area contributed by atoms with Gasteiger partial charge in [-0.1, -0.05) is 11.6 Å². The van der Waals surface area contributed by atoms with Crippen LogP contribution < -0.4 is 10.6 Å². The van der Waals surface area contributed by atoms with Crippen molar-refractivity contribution in [1.29, 1.82) is 0 Å². The Labute approximate surface area is 171 Å². The molecule has 0 unspecified atom stereocenters. The lowest BCUT2D eigenvalue weighted by Gasteiger charge is -2.18. The molecule has 29 heavy (non-hydrogen) atoms. The van der Waals surface area contributed by atoms with Crippen LogP contribution in [0.2, 0.25) is 5.02 Å². The maximum Gasteiger partial charge on any atom is 0.416 e. The maximum absolute atomic E-state index is 12.7. The largest absolute Gasteiger partial charge is 0.416 e. The Morgan fingerprint density at radius 2 is 1.66 bits per heavy atom. The fraction of sp³-hybridized carbons (Fsp3) is 0.300. The van der Waals surface area contributed by atoms with Gasteiger partial charge in [-0.25, -0.2) is 0 Å². The molecule has 9 heteroatoms. The number of halogens is 4. The molecule has 2 amide bonds. The lowest BCUT2D eigenvalue weighted by Crippen LogP contribution is -2.30. The van der Waals surface area contributed by atoms with Crippen LogP contribution in [0.1, 0.15) is 29.8 Å². The summed E-state index contributed by atoms with van der Waals surface area (Å²) in [6.07, 6.45) is -4.49. The Bertz CT molecular complexity index is 866. The summed E-state index contributed by atoms with van der Waals surface area (Å²) >= 11 is 5.85. The van der Waals surface area contributed by atoms with Crippen LogP contribution in [0.25, 0.3) is 0 Å². The van der Waals surface area contributed by atoms with E-state index in [1.165, 1.54) is 6.07 Å². The molecule has 0 bridgehead atoms. The van der Waals surface area contributed by atoms with Crippen molar-refractivity contribution in [3.8, 4) is 0 Å². The smallest absolute Gasteiger partial charge is 0.375 e. The average molecular weight is 428 g/mol. The Kier molecular flexibility index (Phi) is 7.50. The molecule has 0 aliphatic rings. The van der Waals surface area contributed by atoms with E-state index in [4.69, 9.17) is 11.6 Å². The van der Waals surface area contributed by atoms with E-state index in [1.807, 2.05) is 13.8 Å². The summed E-state index contributed by atoms with van der Waals surface area (Å²) in [5, 5.41) is 5.21. The fourth-order valence-electron chi connectivity index (χ4n) is 2.61. The number of amides is 2. The summed E-state index contributed by atoms with van der Waals surface area (Å²) in [4.78, 5) is 26.0. The molecule has 0 aliphatic heterocycles. The normalized spacial score (nSPS) is 11.1. The summed E-state index contributed by atoms with van der Waals surface area (Å²) < 4.78 is 38.0. The highest BCUT2D eigenvalue weighted by Crippen LogP contribution is 2.33. The van der Waals surface area contributed by atoms with Crippen LogP contribution >= 0.6 is 11.6 Å². The number of carbonyl (C=O) groups is 2. The number of nitrogens with zero attached hydrogens (tertiary/aromatic N) is 1. The van der Waals surface area contributed by atoms with Gasteiger partial charge in [-0.15, -0.1) is 0 Å². The van der Waals surface area contributed by atoms with Crippen molar-refractivity contribution >= 4 is 34.8 Å². The van der Waals surface area contributed by atoms with Crippen molar-refractivity contribution in [2.45, 2.75) is 20.0 Å². The molecule has 0 aromatic heterocycles. The second-order valence-corrected chi connectivity index (χ2v) is 6.56. The molecule has 2 aromatic rings. The third-order valence-electron chi connectivity index (χ3n) is 4.20. The first-order valence-corrected chi connectivity index (χ1v) is 9.33. The third-order valence-corrected chi connectivity index (χ3v) is 4.51. The molecule has 5 nitrogen and oxygen atoms in total. The number of hydrogen-bond acceptors (Lipinski definition) is 3. The van der Waals surface area contributed by atoms with Crippen molar-refractivity contribution in [2.75, 3.05) is 30.3 Å². The molecule has 0 fully saturated rings. The van der Waals surface area contributed by atoms with E-state index in [2.05, 4.69) is 10.6 Å². The Morgan fingerprint density at radius 3 is 2.17 bits per heavy atom. The van der Waals surface area contributed by atoms with Crippen LogP contribution in [-0.4, -0.2) is 36.3 Å². The number of benzene rings is 2. The molecule has 0 saturated heterocycles. The zero-order valence-corrected chi connectivity index (χ0v) is 16.7. The van der Waals surface area contributed by atoms with Crippen LogP contribution in [0.15, 0.2) is 42.5 Å². The van der Waals surface area contributed by atoms with Gasteiger partial charge >= 0.3 is 6.18 Å². The molecule has 0 aliphatic carbocycles. The molecule has 0 heterocycles. The van der Waals surface area contributed by atoms with E-state index >= 15 is 0 Å². The summed E-state index contributed by atoms with van der Waals surface area (Å²) in [6, 6.07) is 9.32. The summed E-state index contributed by atoms with van der Waals surface area (Å²) in [7, 11) is 0. The molecule has 156 valence electrons. The Balaban J connectivity index is 1.94. The van der Waals surface area contributed by atoms with E-state index in [0.29, 0.717) is 24.3 Å². The predicted molar refractivity (Wildman–Crippen MR) is 107 cm³/mol. The Morgan fingerprint density at radius 1 is 1.03 bits per heavy atom. The number of anilines is 2. The molecule has 2 aromatic carbocycles. The first-order chi connectivity index (χ1) is 13.7. The van der Waals surface area contributed by atoms with Crippen LogP contribution in [0.5, 0.6) is 0 Å². The lowest BCUT2D eigenvalue weighted by atomic mass is 10.1. The number of alkyl halides is 3. The number of hydrogen-bond donors (Lipinski definition) is 2. The number of carbonyl (C=O) groups excluding carboxylic acids is 2. The summed E-state index contributed by atoms with van der Waals surface area (Å²) in [6.45, 7) is 4.81. The highest BCUT2D eigenvalue weighted by atomic mass is 35.5. The van der Waals surface area contributed by atoms with Crippen LogP contribution in [-0.2, 0) is 11.0 Å². The first kappa shape index (κ1) is 22.5. The topological polar surface area (TPSA) is 61.4 Å². The minimum absolute atomic E-state index is 0.0912. The van der Waals surface area contributed by atoms with Gasteiger partial charge in [0, 0.05) is 24.3 Å². The van der Waals surface area contributed by atoms with Crippen LogP contribution in [0, 0.1) is 0 Å². The molecular formula is C20H21ClF3N3O2. The van der Waals surface area contributed by atoms with E-state index in [9.17, 15) is 22.8 Å². The third kappa shape index (κ3) is 6.12. The van der Waals surface area contributed by atoms with E-state index in [1.54, 1.807) is 29.2 Å². The monoisotopic (exact) mass is 427 g/mol. The second-order valence-electron chi connectivity index (χ2n) is 6.15. The van der Waals surface area contributed by atoms with Gasteiger partial charge in [0.25, 0.3) is 5.91 Å². The molecule has 2 N–H and O–H groups in total. The summed E-state index contributed by atoms with van der Waals surface area (Å²) in [5.41, 5.74) is 0.361. The van der Waals surface area contributed by atoms with Gasteiger partial charge in [-0.05, 0) is 56.3 Å². The van der Waals surface area contributed by atoms with Gasteiger partial charge in [-0.3, -0.25) is 9.59 Å². The quantitative estimate of drug-likeness (QED) is 0.661. The van der Waals surface area contributed by atoms with Gasteiger partial charge < -0.3 is 15.5 Å². The predicted octanol–water partition coefficient (Wildman–Crippen LogP) is 4.89. The zero-order chi connectivity index (χ0) is 21.6. The minimum Gasteiger partial charge on any atom is -0.375 e. The SMILES string of the molecule is CCN(CC)C(=O)c1ccc(NC(=O)CNc2ccc(C(F)(F)F)cc2Cl)cc1. The van der Waals surface area contributed by atoms with Crippen molar-refractivity contribution in [1.82, 2.24) is 4.90 Å². The van der Waals surface area contributed by atoms with Crippen molar-refractivity contribution < 1.29 is 22.8 Å². The standard InChI is InChI=1S/C20H21ClF3N3O2/c1-3-27(4-2)19(29)13-5-8-15(9-6-13)26-18(28)12-25-17-10-7-14(11-16(17)21)20(22,23)24/h5-11,25H,3-4,12H2,1-2H3,(H,26,28). The number of nitrogens with one attached hydrogen (secondary N) is 2. The van der Waals surface area contributed by atoms with E-state index < -0.39 is 17.6 Å². The van der Waals surface area contributed by atoms with Crippen molar-refractivity contribution in [3.63, 3.8) is 0 Å². The molecule has 0 radical (unpaired) electrons. The second kappa shape index (κ2) is 9.65. The fourth-order valence-corrected chi connectivity index (χ4v) is 2.85. The molecule has 0 atom stereocenters. The highest BCUT2D eigenvalue weighted by molar-refractivity contribution is 6.33. The number of rotatable bonds is 7. The molecular weight excluding hydrogens is 407 g/mol. The lowest BCUT2D eigenvalue weighted by molar-refractivity contribution is -0.137.